The van der Waals surface area contributed by atoms with Gasteiger partial charge in [0.1, 0.15) is 5.75 Å². The van der Waals surface area contributed by atoms with E-state index in [1.54, 1.807) is 14.2 Å². The molecule has 0 aliphatic rings. The number of carbonyl (C=O) groups is 1. The minimum absolute atomic E-state index is 0.243. The van der Waals surface area contributed by atoms with E-state index in [1.807, 2.05) is 30.3 Å². The number of aromatic nitrogens is 1. The quantitative estimate of drug-likeness (QED) is 0.693. The average Bonchev–Trinajstić information content (AvgIpc) is 3.03. The number of fused-ring (bicyclic) bond motifs is 1. The molecule has 0 saturated heterocycles. The van der Waals surface area contributed by atoms with E-state index in [0.29, 0.717) is 11.1 Å². The van der Waals surface area contributed by atoms with Crippen LogP contribution < -0.4 is 10.3 Å². The average molecular weight is 329 g/mol. The Bertz CT molecular complexity index is 955. The van der Waals surface area contributed by atoms with Gasteiger partial charge < -0.3 is 14.0 Å². The first-order valence-corrected chi connectivity index (χ1v) is 7.73. The van der Waals surface area contributed by atoms with Crippen molar-refractivity contribution in [2.75, 3.05) is 14.2 Å². The molecule has 6 heteroatoms. The highest BCUT2D eigenvalue weighted by Gasteiger charge is 2.17. The van der Waals surface area contributed by atoms with Crippen LogP contribution in [-0.2, 0) is 11.8 Å². The molecule has 0 saturated carbocycles. The summed E-state index contributed by atoms with van der Waals surface area (Å²) in [7, 11) is 4.61. The molecule has 0 radical (unpaired) electrons. The summed E-state index contributed by atoms with van der Waals surface area (Å²) >= 11 is 1.45. The maximum absolute atomic E-state index is 12.1. The number of nitrogens with zero attached hydrogens (tertiary/aromatic N) is 1. The lowest BCUT2D eigenvalue weighted by Crippen LogP contribution is -2.18. The molecule has 0 aliphatic heterocycles. The van der Waals surface area contributed by atoms with Crippen molar-refractivity contribution in [2.24, 2.45) is 7.05 Å². The maximum Gasteiger partial charge on any atom is 0.339 e. The van der Waals surface area contributed by atoms with Gasteiger partial charge in [-0.05, 0) is 23.8 Å². The van der Waals surface area contributed by atoms with Gasteiger partial charge in [-0.3, -0.25) is 4.79 Å². The van der Waals surface area contributed by atoms with Crippen LogP contribution >= 0.6 is 11.3 Å². The summed E-state index contributed by atoms with van der Waals surface area (Å²) in [6.07, 6.45) is 0. The minimum atomic E-state index is -0.508. The maximum atomic E-state index is 12.1. The smallest absolute Gasteiger partial charge is 0.339 e. The Labute approximate surface area is 136 Å². The van der Waals surface area contributed by atoms with E-state index in [-0.39, 0.29) is 5.56 Å². The summed E-state index contributed by atoms with van der Waals surface area (Å²) < 4.78 is 12.3. The minimum Gasteiger partial charge on any atom is -0.497 e. The Balaban J connectivity index is 2.27. The molecule has 2 aromatic heterocycles. The fraction of sp³-hybridized carbons (Fsp3) is 0.176. The highest BCUT2D eigenvalue weighted by atomic mass is 32.1. The van der Waals surface area contributed by atoms with Crippen LogP contribution in [-0.4, -0.2) is 24.8 Å². The fourth-order valence-electron chi connectivity index (χ4n) is 2.41. The third-order valence-electron chi connectivity index (χ3n) is 3.68. The number of esters is 1. The number of carbonyl (C=O) groups excluding carboxylic acids is 1. The molecule has 23 heavy (non-hydrogen) atoms. The van der Waals surface area contributed by atoms with E-state index < -0.39 is 5.97 Å². The summed E-state index contributed by atoms with van der Waals surface area (Å²) in [5, 5.41) is 0. The summed E-state index contributed by atoms with van der Waals surface area (Å²) in [5.41, 5.74) is 1.73. The lowest BCUT2D eigenvalue weighted by Gasteiger charge is -2.03. The number of methoxy groups -OCH3 is 2. The van der Waals surface area contributed by atoms with Crippen molar-refractivity contribution in [1.82, 2.24) is 4.57 Å². The monoisotopic (exact) mass is 329 g/mol. The summed E-state index contributed by atoms with van der Waals surface area (Å²) in [5.74, 6) is 0.244. The van der Waals surface area contributed by atoms with Gasteiger partial charge in [-0.1, -0.05) is 12.1 Å². The van der Waals surface area contributed by atoms with Crippen LogP contribution in [0.4, 0.5) is 0 Å². The first-order chi connectivity index (χ1) is 11.0. The second-order valence-corrected chi connectivity index (χ2v) is 6.06. The van der Waals surface area contributed by atoms with Gasteiger partial charge in [-0.15, -0.1) is 11.3 Å². The van der Waals surface area contributed by atoms with Gasteiger partial charge >= 0.3 is 5.97 Å². The number of ether oxygens (including phenoxy) is 2. The van der Waals surface area contributed by atoms with Gasteiger partial charge in [-0.2, -0.15) is 0 Å². The molecule has 0 spiro atoms. The van der Waals surface area contributed by atoms with Crippen molar-refractivity contribution >= 4 is 27.5 Å². The Morgan fingerprint density at radius 3 is 2.65 bits per heavy atom. The van der Waals surface area contributed by atoms with Gasteiger partial charge in [0.05, 0.1) is 30.0 Å². The first kappa shape index (κ1) is 15.3. The van der Waals surface area contributed by atoms with Crippen LogP contribution in [0.1, 0.15) is 10.4 Å². The molecule has 0 atom stereocenters. The van der Waals surface area contributed by atoms with Crippen molar-refractivity contribution in [1.29, 1.82) is 0 Å². The van der Waals surface area contributed by atoms with Gasteiger partial charge in [0.15, 0.2) is 0 Å². The lowest BCUT2D eigenvalue weighted by molar-refractivity contribution is 0.0603. The molecule has 2 heterocycles. The van der Waals surface area contributed by atoms with E-state index in [4.69, 9.17) is 9.47 Å². The molecule has 118 valence electrons. The largest absolute Gasteiger partial charge is 0.497 e. The van der Waals surface area contributed by atoms with Gasteiger partial charge in [0.2, 0.25) is 0 Å². The predicted molar refractivity (Wildman–Crippen MR) is 90.4 cm³/mol. The zero-order chi connectivity index (χ0) is 16.6. The number of aryl methyl sites for hydroxylation is 1. The highest BCUT2D eigenvalue weighted by molar-refractivity contribution is 7.22. The lowest BCUT2D eigenvalue weighted by atomic mass is 10.1. The van der Waals surface area contributed by atoms with Crippen molar-refractivity contribution in [3.05, 3.63) is 52.3 Å². The molecule has 0 fully saturated rings. The van der Waals surface area contributed by atoms with E-state index >= 15 is 0 Å². The van der Waals surface area contributed by atoms with Crippen molar-refractivity contribution in [3.63, 3.8) is 0 Å². The molecular formula is C17H15NO4S. The molecule has 5 nitrogen and oxygen atoms in total. The number of pyridine rings is 1. The van der Waals surface area contributed by atoms with Crippen LogP contribution in [0.15, 0.2) is 41.2 Å². The number of hydrogen-bond donors (Lipinski definition) is 0. The molecule has 3 aromatic rings. The Morgan fingerprint density at radius 1 is 1.17 bits per heavy atom. The Kier molecular flexibility index (Phi) is 3.92. The molecule has 0 amide bonds. The van der Waals surface area contributed by atoms with Gasteiger partial charge in [0.25, 0.3) is 5.56 Å². The normalized spacial score (nSPS) is 10.7. The number of benzene rings is 1. The van der Waals surface area contributed by atoms with Crippen LogP contribution in [0.2, 0.25) is 0 Å². The van der Waals surface area contributed by atoms with E-state index in [2.05, 4.69) is 0 Å². The molecule has 0 N–H and O–H groups in total. The van der Waals surface area contributed by atoms with Crippen LogP contribution in [0, 0.1) is 0 Å². The number of rotatable bonds is 3. The summed E-state index contributed by atoms with van der Waals surface area (Å²) in [4.78, 5) is 25.0. The van der Waals surface area contributed by atoms with Gasteiger partial charge in [-0.25, -0.2) is 4.79 Å². The van der Waals surface area contributed by atoms with Crippen molar-refractivity contribution < 1.29 is 14.3 Å². The second-order valence-electron chi connectivity index (χ2n) is 5.00. The van der Waals surface area contributed by atoms with Crippen LogP contribution in [0.5, 0.6) is 5.75 Å². The number of thiophene rings is 1. The Hall–Kier alpha value is -2.60. The molecule has 3 rings (SSSR count). The van der Waals surface area contributed by atoms with Crippen molar-refractivity contribution in [2.45, 2.75) is 0 Å². The van der Waals surface area contributed by atoms with E-state index in [1.165, 1.54) is 29.1 Å². The highest BCUT2D eigenvalue weighted by Crippen LogP contribution is 2.35. The first-order valence-electron chi connectivity index (χ1n) is 6.91. The summed E-state index contributed by atoms with van der Waals surface area (Å²) in [6.45, 7) is 0. The fourth-order valence-corrected chi connectivity index (χ4v) is 3.60. The standard InChI is InChI=1S/C17H15NO4S/c1-18-13-9-14(10-5-4-6-11(7-10)21-2)23-16(13)12(8-15(18)19)17(20)22-3/h4-9H,1-3H3. The number of hydrogen-bond acceptors (Lipinski definition) is 5. The van der Waals surface area contributed by atoms with Gasteiger partial charge in [0, 0.05) is 18.0 Å². The van der Waals surface area contributed by atoms with Crippen molar-refractivity contribution in [3.8, 4) is 16.2 Å². The molecule has 0 aliphatic carbocycles. The van der Waals surface area contributed by atoms with E-state index in [0.717, 1.165) is 20.9 Å². The zero-order valence-corrected chi connectivity index (χ0v) is 13.8. The zero-order valence-electron chi connectivity index (χ0n) is 13.0. The predicted octanol–water partition coefficient (Wildman–Crippen LogP) is 3.06. The topological polar surface area (TPSA) is 57.5 Å². The molecule has 1 aromatic carbocycles. The second kappa shape index (κ2) is 5.89. The SMILES string of the molecule is COC(=O)c1cc(=O)n(C)c2cc(-c3cccc(OC)c3)sc12. The molecule has 0 bridgehead atoms. The summed E-state index contributed by atoms with van der Waals surface area (Å²) in [6, 6.07) is 10.9. The van der Waals surface area contributed by atoms with E-state index in [9.17, 15) is 9.59 Å². The third-order valence-corrected chi connectivity index (χ3v) is 4.88. The van der Waals surface area contributed by atoms with Crippen LogP contribution in [0.25, 0.3) is 20.7 Å². The third kappa shape index (κ3) is 2.61. The molecular weight excluding hydrogens is 314 g/mol. The molecule has 0 unspecified atom stereocenters. The van der Waals surface area contributed by atoms with Crippen LogP contribution in [0.3, 0.4) is 0 Å². The Morgan fingerprint density at radius 2 is 1.96 bits per heavy atom.